The van der Waals surface area contributed by atoms with Crippen molar-refractivity contribution >= 4 is 11.1 Å². The van der Waals surface area contributed by atoms with E-state index in [1.54, 1.807) is 0 Å². The molecule has 1 aliphatic heterocycles. The first-order valence-corrected chi connectivity index (χ1v) is 4.98. The van der Waals surface area contributed by atoms with Crippen LogP contribution < -0.4 is 5.32 Å². The molecule has 0 radical (unpaired) electrons. The van der Waals surface area contributed by atoms with E-state index >= 15 is 0 Å². The summed E-state index contributed by atoms with van der Waals surface area (Å²) in [5.41, 5.74) is 0. The summed E-state index contributed by atoms with van der Waals surface area (Å²) in [4.78, 5) is 0. The van der Waals surface area contributed by atoms with E-state index in [-0.39, 0.29) is 0 Å². The van der Waals surface area contributed by atoms with Gasteiger partial charge in [0.05, 0.1) is 0 Å². The Morgan fingerprint density at radius 1 is 1.30 bits per heavy atom. The summed E-state index contributed by atoms with van der Waals surface area (Å²) in [6, 6.07) is 0. The van der Waals surface area contributed by atoms with E-state index in [1.165, 1.54) is 38.6 Å². The van der Waals surface area contributed by atoms with E-state index < -0.39 is 11.1 Å². The Morgan fingerprint density at radius 2 is 1.70 bits per heavy atom. The van der Waals surface area contributed by atoms with E-state index in [0.717, 1.165) is 0 Å². The van der Waals surface area contributed by atoms with E-state index in [0.29, 0.717) is 0 Å². The van der Waals surface area contributed by atoms with Gasteiger partial charge in [0.15, 0.2) is 0 Å². The lowest BCUT2D eigenvalue weighted by Gasteiger charge is -2.08. The Hall–Kier alpha value is 0.0700. The van der Waals surface area contributed by atoms with Crippen molar-refractivity contribution in [2.45, 2.75) is 19.3 Å². The third kappa shape index (κ3) is 10.9. The first kappa shape index (κ1) is 10.1. The minimum Gasteiger partial charge on any atom is -0.317 e. The summed E-state index contributed by atoms with van der Waals surface area (Å²) in [7, 11) is 0. The Kier molecular flexibility index (Phi) is 7.23. The van der Waals surface area contributed by atoms with Crippen LogP contribution in [-0.2, 0) is 11.1 Å². The smallest absolute Gasteiger partial charge is 0.149 e. The molecule has 0 aliphatic carbocycles. The maximum atomic E-state index is 9.11. The largest absolute Gasteiger partial charge is 0.317 e. The van der Waals surface area contributed by atoms with Gasteiger partial charge in [-0.15, -0.1) is 0 Å². The van der Waals surface area contributed by atoms with E-state index in [9.17, 15) is 0 Å². The Bertz CT molecular complexity index is 78.2. The molecule has 0 aromatic carbocycles. The van der Waals surface area contributed by atoms with Gasteiger partial charge in [0.2, 0.25) is 0 Å². The molecule has 1 fully saturated rings. The maximum Gasteiger partial charge on any atom is 0.149 e. The molecule has 1 unspecified atom stereocenters. The molecule has 1 heterocycles. The van der Waals surface area contributed by atoms with Crippen LogP contribution in [0.5, 0.6) is 0 Å². The van der Waals surface area contributed by atoms with Crippen LogP contribution in [-0.4, -0.2) is 28.1 Å². The predicted octanol–water partition coefficient (Wildman–Crippen LogP) is 0.598. The lowest BCUT2D eigenvalue weighted by molar-refractivity contribution is 0.520. The highest BCUT2D eigenvalue weighted by Crippen LogP contribution is 1.96. The third-order valence-electron chi connectivity index (χ3n) is 1.21. The fourth-order valence-electron chi connectivity index (χ4n) is 0.802. The molecule has 1 rings (SSSR count). The standard InChI is InChI=1S/C5H11N.CH4O2S/c1-2-4-6-5-3-1;1-4(2)3/h6H,1-5H2;1H3,(H,2,3). The lowest BCUT2D eigenvalue weighted by Crippen LogP contribution is -2.21. The molecule has 0 saturated carbocycles. The maximum absolute atomic E-state index is 9.11. The van der Waals surface area contributed by atoms with Crippen LogP contribution in [0.3, 0.4) is 0 Å². The summed E-state index contributed by atoms with van der Waals surface area (Å²) in [6.07, 6.45) is 5.41. The zero-order valence-electron chi connectivity index (χ0n) is 6.30. The monoisotopic (exact) mass is 165 g/mol. The SMILES string of the molecule is C1CCNCC1.CS(=O)O. The fraction of sp³-hybridized carbons (Fsp3) is 1.00. The van der Waals surface area contributed by atoms with Gasteiger partial charge in [-0.3, -0.25) is 0 Å². The van der Waals surface area contributed by atoms with Crippen molar-refractivity contribution in [2.24, 2.45) is 0 Å². The number of piperidine rings is 1. The highest BCUT2D eigenvalue weighted by molar-refractivity contribution is 7.78. The number of nitrogens with one attached hydrogen (secondary N) is 1. The molecule has 0 aromatic rings. The summed E-state index contributed by atoms with van der Waals surface area (Å²) in [5.74, 6) is 0. The van der Waals surface area contributed by atoms with E-state index in [4.69, 9.17) is 8.76 Å². The molecule has 10 heavy (non-hydrogen) atoms. The van der Waals surface area contributed by atoms with Crippen LogP contribution in [0.15, 0.2) is 0 Å². The second-order valence-corrected chi connectivity index (χ2v) is 3.08. The number of hydrogen-bond acceptors (Lipinski definition) is 2. The number of hydrogen-bond donors (Lipinski definition) is 2. The van der Waals surface area contributed by atoms with Gasteiger partial charge in [0, 0.05) is 6.26 Å². The van der Waals surface area contributed by atoms with Gasteiger partial charge < -0.3 is 9.87 Å². The predicted molar refractivity (Wildman–Crippen MR) is 43.4 cm³/mol. The van der Waals surface area contributed by atoms with Crippen molar-refractivity contribution < 1.29 is 8.76 Å². The molecule has 4 heteroatoms. The van der Waals surface area contributed by atoms with Crippen molar-refractivity contribution in [3.63, 3.8) is 0 Å². The van der Waals surface area contributed by atoms with Crippen LogP contribution >= 0.6 is 0 Å². The average Bonchev–Trinajstić information content (AvgIpc) is 1.90. The van der Waals surface area contributed by atoms with Crippen molar-refractivity contribution in [3.05, 3.63) is 0 Å². The number of rotatable bonds is 0. The van der Waals surface area contributed by atoms with Gasteiger partial charge in [0.1, 0.15) is 11.1 Å². The second-order valence-electron chi connectivity index (χ2n) is 2.23. The third-order valence-corrected chi connectivity index (χ3v) is 1.21. The molecule has 1 aliphatic rings. The quantitative estimate of drug-likeness (QED) is 0.517. The molecule has 2 N–H and O–H groups in total. The van der Waals surface area contributed by atoms with Crippen LogP contribution in [0.4, 0.5) is 0 Å². The van der Waals surface area contributed by atoms with Gasteiger partial charge in [-0.1, -0.05) is 6.42 Å². The first-order chi connectivity index (χ1) is 4.73. The van der Waals surface area contributed by atoms with Crippen molar-refractivity contribution in [2.75, 3.05) is 19.3 Å². The molecule has 3 nitrogen and oxygen atoms in total. The van der Waals surface area contributed by atoms with Gasteiger partial charge in [-0.2, -0.15) is 0 Å². The Balaban J connectivity index is 0.000000180. The fourth-order valence-corrected chi connectivity index (χ4v) is 0.802. The van der Waals surface area contributed by atoms with Crippen LogP contribution in [0.25, 0.3) is 0 Å². The zero-order valence-corrected chi connectivity index (χ0v) is 7.12. The molecule has 0 amide bonds. The highest BCUT2D eigenvalue weighted by atomic mass is 32.2. The molecule has 0 bridgehead atoms. The van der Waals surface area contributed by atoms with Crippen LogP contribution in [0, 0.1) is 0 Å². The molecule has 0 spiro atoms. The van der Waals surface area contributed by atoms with Crippen molar-refractivity contribution in [1.82, 2.24) is 5.32 Å². The Labute approximate surface area is 64.5 Å². The van der Waals surface area contributed by atoms with Crippen LogP contribution in [0.2, 0.25) is 0 Å². The van der Waals surface area contributed by atoms with E-state index in [2.05, 4.69) is 5.32 Å². The lowest BCUT2D eigenvalue weighted by atomic mass is 10.2. The average molecular weight is 165 g/mol. The summed E-state index contributed by atoms with van der Waals surface area (Å²) >= 11 is -1.61. The first-order valence-electron chi connectivity index (χ1n) is 3.46. The topological polar surface area (TPSA) is 49.3 Å². The second kappa shape index (κ2) is 7.18. The van der Waals surface area contributed by atoms with Gasteiger partial charge in [-0.05, 0) is 25.9 Å². The zero-order chi connectivity index (χ0) is 7.82. The normalized spacial score (nSPS) is 20.6. The van der Waals surface area contributed by atoms with E-state index in [1.807, 2.05) is 0 Å². The Morgan fingerprint density at radius 3 is 1.80 bits per heavy atom. The minimum atomic E-state index is -1.61. The van der Waals surface area contributed by atoms with Crippen molar-refractivity contribution in [1.29, 1.82) is 0 Å². The minimum absolute atomic E-state index is 1.19. The summed E-state index contributed by atoms with van der Waals surface area (Å²) < 4.78 is 16.6. The van der Waals surface area contributed by atoms with Gasteiger partial charge >= 0.3 is 0 Å². The molecule has 62 valence electrons. The molecule has 0 aromatic heterocycles. The summed E-state index contributed by atoms with van der Waals surface area (Å²) in [5, 5.41) is 3.28. The molecule has 1 atom stereocenters. The van der Waals surface area contributed by atoms with Gasteiger partial charge in [-0.25, -0.2) is 4.21 Å². The van der Waals surface area contributed by atoms with Crippen molar-refractivity contribution in [3.8, 4) is 0 Å². The van der Waals surface area contributed by atoms with Gasteiger partial charge in [0.25, 0.3) is 0 Å². The molecular formula is C6H15NO2S. The molecular weight excluding hydrogens is 150 g/mol. The summed E-state index contributed by atoms with van der Waals surface area (Å²) in [6.45, 7) is 2.50. The molecule has 1 saturated heterocycles. The highest BCUT2D eigenvalue weighted by Gasteiger charge is 1.93. The van der Waals surface area contributed by atoms with Crippen LogP contribution in [0.1, 0.15) is 19.3 Å².